The fourth-order valence-electron chi connectivity index (χ4n) is 0.136. The first-order valence-corrected chi connectivity index (χ1v) is 1.73. The summed E-state index contributed by atoms with van der Waals surface area (Å²) < 4.78 is 0. The Bertz CT molecular complexity index is 124. The SMILES string of the molecule is O=C([O-])C=CC(=O)[O-].[Cr+2]. The van der Waals surface area contributed by atoms with E-state index in [2.05, 4.69) is 0 Å². The minimum Gasteiger partial charge on any atom is -0.545 e. The molecule has 0 radical (unpaired) electrons. The Hall–Kier alpha value is -0.788. The van der Waals surface area contributed by atoms with E-state index in [0.717, 1.165) is 0 Å². The van der Waals surface area contributed by atoms with Gasteiger partial charge in [0.05, 0.1) is 11.9 Å². The second kappa shape index (κ2) is 5.35. The molecule has 0 unspecified atom stereocenters. The van der Waals surface area contributed by atoms with Crippen LogP contribution in [-0.2, 0) is 27.0 Å². The van der Waals surface area contributed by atoms with Gasteiger partial charge in [-0.2, -0.15) is 0 Å². The van der Waals surface area contributed by atoms with Crippen molar-refractivity contribution in [2.75, 3.05) is 0 Å². The van der Waals surface area contributed by atoms with Gasteiger partial charge in [-0.3, -0.25) is 0 Å². The minimum atomic E-state index is -1.55. The molecule has 0 amide bonds. The molecule has 0 N–H and O–H groups in total. The van der Waals surface area contributed by atoms with Gasteiger partial charge in [-0.15, -0.1) is 0 Å². The van der Waals surface area contributed by atoms with Crippen molar-refractivity contribution in [3.63, 3.8) is 0 Å². The molecule has 0 bridgehead atoms. The molecule has 0 fully saturated rings. The summed E-state index contributed by atoms with van der Waals surface area (Å²) in [7, 11) is 0. The fourth-order valence-corrected chi connectivity index (χ4v) is 0.136. The molecule has 0 heterocycles. The molecule has 0 saturated heterocycles. The Morgan fingerprint density at radius 3 is 1.33 bits per heavy atom. The van der Waals surface area contributed by atoms with Gasteiger partial charge in [-0.1, -0.05) is 0 Å². The number of carboxylic acids is 2. The van der Waals surface area contributed by atoms with Gasteiger partial charge in [0.2, 0.25) is 0 Å². The topological polar surface area (TPSA) is 80.3 Å². The Labute approximate surface area is 61.9 Å². The Kier molecular flexibility index (Phi) is 6.58. The minimum absolute atomic E-state index is 0. The monoisotopic (exact) mass is 166 g/mol. The molecule has 0 atom stereocenters. The van der Waals surface area contributed by atoms with Crippen molar-refractivity contribution in [2.45, 2.75) is 0 Å². The maximum atomic E-state index is 9.41. The molecule has 0 aliphatic rings. The summed E-state index contributed by atoms with van der Waals surface area (Å²) in [6.07, 6.45) is 0.769. The summed E-state index contributed by atoms with van der Waals surface area (Å²) >= 11 is 0. The zero-order valence-corrected chi connectivity index (χ0v) is 5.47. The van der Waals surface area contributed by atoms with Crippen LogP contribution in [0, 0.1) is 0 Å². The molecule has 48 valence electrons. The molecular formula is C4H2CrO4. The number of hydrogen-bond donors (Lipinski definition) is 0. The van der Waals surface area contributed by atoms with Gasteiger partial charge in [0.25, 0.3) is 0 Å². The average Bonchev–Trinajstić information content (AvgIpc) is 1.61. The van der Waals surface area contributed by atoms with Crippen LogP contribution in [0.4, 0.5) is 0 Å². The van der Waals surface area contributed by atoms with Crippen LogP contribution >= 0.6 is 0 Å². The number of aliphatic carboxylic acids is 2. The fraction of sp³-hybridized carbons (Fsp3) is 0. The smallest absolute Gasteiger partial charge is 0.545 e. The van der Waals surface area contributed by atoms with Crippen molar-refractivity contribution < 1.29 is 37.2 Å². The van der Waals surface area contributed by atoms with E-state index in [-0.39, 0.29) is 17.4 Å². The molecule has 5 heteroatoms. The van der Waals surface area contributed by atoms with Crippen molar-refractivity contribution in [3.05, 3.63) is 12.2 Å². The molecule has 0 aromatic carbocycles. The third kappa shape index (κ3) is 11.0. The van der Waals surface area contributed by atoms with Crippen molar-refractivity contribution in [3.8, 4) is 0 Å². The third-order valence-electron chi connectivity index (χ3n) is 0.355. The molecule has 0 aromatic heterocycles. The molecule has 0 aliphatic carbocycles. The molecule has 0 saturated carbocycles. The van der Waals surface area contributed by atoms with E-state index in [1.165, 1.54) is 0 Å². The third-order valence-corrected chi connectivity index (χ3v) is 0.355. The number of rotatable bonds is 2. The summed E-state index contributed by atoms with van der Waals surface area (Å²) in [4.78, 5) is 18.8. The molecule has 0 spiro atoms. The van der Waals surface area contributed by atoms with Crippen molar-refractivity contribution >= 4 is 11.9 Å². The first-order valence-electron chi connectivity index (χ1n) is 1.73. The Morgan fingerprint density at radius 1 is 1.00 bits per heavy atom. The summed E-state index contributed by atoms with van der Waals surface area (Å²) in [5.74, 6) is -3.09. The maximum Gasteiger partial charge on any atom is 2.00 e. The van der Waals surface area contributed by atoms with Crippen LogP contribution in [0.15, 0.2) is 12.2 Å². The predicted octanol–water partition coefficient (Wildman–Crippen LogP) is -2.96. The van der Waals surface area contributed by atoms with Crippen LogP contribution in [0.2, 0.25) is 0 Å². The summed E-state index contributed by atoms with van der Waals surface area (Å²) in [6.45, 7) is 0. The van der Waals surface area contributed by atoms with Crippen molar-refractivity contribution in [1.29, 1.82) is 0 Å². The van der Waals surface area contributed by atoms with E-state index in [0.29, 0.717) is 12.2 Å². The van der Waals surface area contributed by atoms with Crippen LogP contribution < -0.4 is 10.2 Å². The molecule has 0 aliphatic heterocycles. The standard InChI is InChI=1S/C4H4O4.Cr/c5-3(6)1-2-4(7)8;/h1-2H,(H,5,6)(H,7,8);/q;+2/p-2. The van der Waals surface area contributed by atoms with E-state index in [4.69, 9.17) is 0 Å². The van der Waals surface area contributed by atoms with Crippen LogP contribution in [-0.4, -0.2) is 11.9 Å². The van der Waals surface area contributed by atoms with Crippen LogP contribution in [0.5, 0.6) is 0 Å². The van der Waals surface area contributed by atoms with Gasteiger partial charge in [0, 0.05) is 0 Å². The number of carbonyl (C=O) groups excluding carboxylic acids is 2. The maximum absolute atomic E-state index is 9.41. The molecule has 0 aromatic rings. The molecular weight excluding hydrogens is 164 g/mol. The van der Waals surface area contributed by atoms with E-state index >= 15 is 0 Å². The second-order valence-electron chi connectivity index (χ2n) is 0.971. The van der Waals surface area contributed by atoms with Crippen molar-refractivity contribution in [1.82, 2.24) is 0 Å². The van der Waals surface area contributed by atoms with Gasteiger partial charge in [-0.05, 0) is 12.2 Å². The van der Waals surface area contributed by atoms with E-state index < -0.39 is 11.9 Å². The van der Waals surface area contributed by atoms with Gasteiger partial charge in [0.1, 0.15) is 0 Å². The van der Waals surface area contributed by atoms with Crippen LogP contribution in [0.1, 0.15) is 0 Å². The van der Waals surface area contributed by atoms with Gasteiger partial charge in [0.15, 0.2) is 0 Å². The largest absolute Gasteiger partial charge is 2.00 e. The Morgan fingerprint density at radius 2 is 1.22 bits per heavy atom. The molecule has 9 heavy (non-hydrogen) atoms. The summed E-state index contributed by atoms with van der Waals surface area (Å²) in [5, 5.41) is 18.8. The van der Waals surface area contributed by atoms with Gasteiger partial charge < -0.3 is 19.8 Å². The van der Waals surface area contributed by atoms with Gasteiger partial charge >= 0.3 is 17.4 Å². The number of hydrogen-bond acceptors (Lipinski definition) is 4. The quantitative estimate of drug-likeness (QED) is 0.410. The first kappa shape index (κ1) is 11.1. The van der Waals surface area contributed by atoms with Crippen LogP contribution in [0.3, 0.4) is 0 Å². The van der Waals surface area contributed by atoms with Crippen LogP contribution in [0.25, 0.3) is 0 Å². The average molecular weight is 166 g/mol. The zero-order chi connectivity index (χ0) is 6.57. The van der Waals surface area contributed by atoms with E-state index in [1.807, 2.05) is 0 Å². The molecule has 4 nitrogen and oxygen atoms in total. The molecule has 0 rings (SSSR count). The number of carbonyl (C=O) groups is 2. The first-order chi connectivity index (χ1) is 3.63. The summed E-state index contributed by atoms with van der Waals surface area (Å²) in [5.41, 5.74) is 0. The normalized spacial score (nSPS) is 8.44. The van der Waals surface area contributed by atoms with E-state index in [9.17, 15) is 19.8 Å². The second-order valence-corrected chi connectivity index (χ2v) is 0.971. The zero-order valence-electron chi connectivity index (χ0n) is 4.20. The predicted molar refractivity (Wildman–Crippen MR) is 19.2 cm³/mol. The van der Waals surface area contributed by atoms with E-state index in [1.54, 1.807) is 0 Å². The Balaban J connectivity index is 0. The van der Waals surface area contributed by atoms with Gasteiger partial charge in [-0.25, -0.2) is 0 Å². The summed E-state index contributed by atoms with van der Waals surface area (Å²) in [6, 6.07) is 0. The number of carboxylic acid groups (broad SMARTS) is 2. The van der Waals surface area contributed by atoms with Crippen molar-refractivity contribution in [2.24, 2.45) is 0 Å².